The summed E-state index contributed by atoms with van der Waals surface area (Å²) in [5, 5.41) is 3.10. The molecular formula is C11H20F3N2O2+. The quantitative estimate of drug-likeness (QED) is 0.789. The number of carbonyl (C=O) groups is 1. The fourth-order valence-electron chi connectivity index (χ4n) is 2.22. The van der Waals surface area contributed by atoms with E-state index in [-0.39, 0.29) is 10.6 Å². The second-order valence-electron chi connectivity index (χ2n) is 5.06. The molecule has 0 bridgehead atoms. The molecule has 1 aliphatic rings. The molecule has 0 amide bonds. The third kappa shape index (κ3) is 4.45. The lowest BCUT2D eigenvalue weighted by atomic mass is 10.2. The van der Waals surface area contributed by atoms with Gasteiger partial charge in [-0.1, -0.05) is 13.8 Å². The van der Waals surface area contributed by atoms with Crippen LogP contribution in [0, 0.1) is 5.92 Å². The maximum absolute atomic E-state index is 12.3. The molecule has 1 atom stereocenters. The predicted octanol–water partition coefficient (Wildman–Crippen LogP) is 1.47. The van der Waals surface area contributed by atoms with Crippen LogP contribution in [0.1, 0.15) is 20.3 Å². The van der Waals surface area contributed by atoms with Crippen LogP contribution < -0.4 is 5.32 Å². The molecule has 1 N–H and O–H groups in total. The van der Waals surface area contributed by atoms with Crippen molar-refractivity contribution in [3.05, 3.63) is 0 Å². The molecule has 0 radical (unpaired) electrons. The molecule has 0 aromatic rings. The van der Waals surface area contributed by atoms with Crippen LogP contribution in [0.5, 0.6) is 0 Å². The highest BCUT2D eigenvalue weighted by molar-refractivity contribution is 5.74. The van der Waals surface area contributed by atoms with Crippen LogP contribution in [0.4, 0.5) is 13.2 Å². The number of rotatable bonds is 3. The molecule has 0 aromatic carbocycles. The predicted molar refractivity (Wildman–Crippen MR) is 59.3 cm³/mol. The number of halogens is 3. The molecule has 0 saturated carbocycles. The first-order chi connectivity index (χ1) is 8.25. The summed E-state index contributed by atoms with van der Waals surface area (Å²) in [6.45, 7) is 6.30. The van der Waals surface area contributed by atoms with E-state index in [0.29, 0.717) is 32.6 Å². The third-order valence-corrected chi connectivity index (χ3v) is 2.82. The number of hydrogen-bond donors (Lipinski definition) is 1. The van der Waals surface area contributed by atoms with Crippen molar-refractivity contribution in [1.82, 2.24) is 5.32 Å². The number of alkyl halides is 3. The van der Waals surface area contributed by atoms with Gasteiger partial charge in [0.15, 0.2) is 0 Å². The summed E-state index contributed by atoms with van der Waals surface area (Å²) in [4.78, 5) is 15.8. The monoisotopic (exact) mass is 269 g/mol. The van der Waals surface area contributed by atoms with Gasteiger partial charge in [-0.05, 0) is 0 Å². The van der Waals surface area contributed by atoms with Crippen LogP contribution in [0.15, 0.2) is 0 Å². The first-order valence-corrected chi connectivity index (χ1v) is 6.13. The SMILES string of the molecule is CC(C)C[N+]1(OC(=O)C(F)(F)F)CCCNCC1. The Labute approximate surface area is 105 Å². The van der Waals surface area contributed by atoms with Crippen molar-refractivity contribution in [3.63, 3.8) is 0 Å². The first-order valence-electron chi connectivity index (χ1n) is 6.13. The van der Waals surface area contributed by atoms with Gasteiger partial charge in [0.2, 0.25) is 0 Å². The summed E-state index contributed by atoms with van der Waals surface area (Å²) in [5.74, 6) is -1.94. The summed E-state index contributed by atoms with van der Waals surface area (Å²) >= 11 is 0. The largest absolute Gasteiger partial charge is 0.497 e. The smallest absolute Gasteiger partial charge is 0.311 e. The summed E-state index contributed by atoms with van der Waals surface area (Å²) in [5.41, 5.74) is 0. The maximum Gasteiger partial charge on any atom is 0.497 e. The van der Waals surface area contributed by atoms with Crippen molar-refractivity contribution in [3.8, 4) is 0 Å². The molecule has 1 rings (SSSR count). The second kappa shape index (κ2) is 5.88. The molecule has 7 heteroatoms. The molecule has 1 aliphatic heterocycles. The first kappa shape index (κ1) is 15.2. The molecular weight excluding hydrogens is 249 g/mol. The number of nitrogens with one attached hydrogen (secondary N) is 1. The summed E-state index contributed by atoms with van der Waals surface area (Å²) in [7, 11) is 0. The van der Waals surface area contributed by atoms with Crippen molar-refractivity contribution in [2.45, 2.75) is 26.4 Å². The topological polar surface area (TPSA) is 38.3 Å². The Morgan fingerprint density at radius 2 is 2.00 bits per heavy atom. The average molecular weight is 269 g/mol. The standard InChI is InChI=1S/C11H20F3N2O2/c1-9(2)8-16(6-3-4-15-5-7-16)18-10(17)11(12,13)14/h9,15H,3-8H2,1-2H3/q+1. The van der Waals surface area contributed by atoms with E-state index in [2.05, 4.69) is 5.32 Å². The van der Waals surface area contributed by atoms with E-state index in [4.69, 9.17) is 4.84 Å². The zero-order valence-electron chi connectivity index (χ0n) is 10.7. The fraction of sp³-hybridized carbons (Fsp3) is 0.909. The highest BCUT2D eigenvalue weighted by Crippen LogP contribution is 2.22. The Morgan fingerprint density at radius 3 is 2.56 bits per heavy atom. The summed E-state index contributed by atoms with van der Waals surface area (Å²) in [6, 6.07) is 0. The number of quaternary nitrogens is 1. The minimum atomic E-state index is -4.93. The van der Waals surface area contributed by atoms with Gasteiger partial charge < -0.3 is 5.32 Å². The van der Waals surface area contributed by atoms with Gasteiger partial charge in [-0.2, -0.15) is 13.2 Å². The molecule has 1 unspecified atom stereocenters. The minimum absolute atomic E-state index is 0.157. The molecule has 1 heterocycles. The van der Waals surface area contributed by atoms with Gasteiger partial charge in [0.05, 0.1) is 0 Å². The number of hydroxylamine groups is 3. The second-order valence-corrected chi connectivity index (χ2v) is 5.06. The van der Waals surface area contributed by atoms with Crippen molar-refractivity contribution in [2.75, 3.05) is 32.7 Å². The summed E-state index contributed by atoms with van der Waals surface area (Å²) < 4.78 is 36.7. The van der Waals surface area contributed by atoms with Crippen molar-refractivity contribution in [2.24, 2.45) is 5.92 Å². The molecule has 18 heavy (non-hydrogen) atoms. The van der Waals surface area contributed by atoms with Crippen LogP contribution in [0.25, 0.3) is 0 Å². The van der Waals surface area contributed by atoms with Gasteiger partial charge in [0, 0.05) is 25.4 Å². The average Bonchev–Trinajstić information content (AvgIpc) is 2.41. The lowest BCUT2D eigenvalue weighted by Crippen LogP contribution is -2.55. The van der Waals surface area contributed by atoms with E-state index in [0.717, 1.165) is 6.54 Å². The molecule has 0 spiro atoms. The molecule has 0 aliphatic carbocycles. The minimum Gasteiger partial charge on any atom is -0.311 e. The van der Waals surface area contributed by atoms with Gasteiger partial charge in [-0.15, -0.1) is 4.65 Å². The Morgan fingerprint density at radius 1 is 1.33 bits per heavy atom. The van der Waals surface area contributed by atoms with E-state index in [1.165, 1.54) is 0 Å². The highest BCUT2D eigenvalue weighted by Gasteiger charge is 2.48. The van der Waals surface area contributed by atoms with Crippen molar-refractivity contribution >= 4 is 5.97 Å². The molecule has 1 fully saturated rings. The third-order valence-electron chi connectivity index (χ3n) is 2.82. The van der Waals surface area contributed by atoms with E-state index in [9.17, 15) is 18.0 Å². The summed E-state index contributed by atoms with van der Waals surface area (Å²) in [6.07, 6.45) is -4.24. The Balaban J connectivity index is 2.79. The Bertz CT molecular complexity index is 285. The number of carbonyl (C=O) groups excluding carboxylic acids is 1. The van der Waals surface area contributed by atoms with Crippen LogP contribution in [-0.4, -0.2) is 49.5 Å². The molecule has 106 valence electrons. The van der Waals surface area contributed by atoms with Crippen LogP contribution in [0.2, 0.25) is 0 Å². The van der Waals surface area contributed by atoms with Gasteiger partial charge in [-0.3, -0.25) is 4.84 Å². The Hall–Kier alpha value is -0.820. The van der Waals surface area contributed by atoms with E-state index in [1.807, 2.05) is 13.8 Å². The van der Waals surface area contributed by atoms with Gasteiger partial charge in [0.25, 0.3) is 0 Å². The maximum atomic E-state index is 12.3. The van der Waals surface area contributed by atoms with Gasteiger partial charge in [-0.25, -0.2) is 4.79 Å². The van der Waals surface area contributed by atoms with E-state index in [1.54, 1.807) is 0 Å². The number of nitrogens with zero attached hydrogens (tertiary/aromatic N) is 1. The van der Waals surface area contributed by atoms with Gasteiger partial charge >= 0.3 is 12.1 Å². The van der Waals surface area contributed by atoms with Gasteiger partial charge in [0.1, 0.15) is 19.6 Å². The van der Waals surface area contributed by atoms with Crippen LogP contribution in [-0.2, 0) is 9.63 Å². The number of hydrogen-bond acceptors (Lipinski definition) is 3. The van der Waals surface area contributed by atoms with Crippen molar-refractivity contribution < 1.29 is 27.4 Å². The zero-order valence-corrected chi connectivity index (χ0v) is 10.7. The van der Waals surface area contributed by atoms with E-state index >= 15 is 0 Å². The highest BCUT2D eigenvalue weighted by atomic mass is 19.4. The lowest BCUT2D eigenvalue weighted by molar-refractivity contribution is -1.09. The molecule has 1 saturated heterocycles. The molecule has 0 aromatic heterocycles. The Kier molecular flexibility index (Phi) is 4.98. The van der Waals surface area contributed by atoms with E-state index < -0.39 is 12.1 Å². The normalized spacial score (nSPS) is 25.9. The fourth-order valence-corrected chi connectivity index (χ4v) is 2.22. The lowest BCUT2D eigenvalue weighted by Gasteiger charge is -2.34. The van der Waals surface area contributed by atoms with Crippen LogP contribution >= 0.6 is 0 Å². The molecule has 4 nitrogen and oxygen atoms in total. The zero-order chi connectivity index (χ0) is 13.8. The van der Waals surface area contributed by atoms with Crippen LogP contribution in [0.3, 0.4) is 0 Å². The van der Waals surface area contributed by atoms with Crippen molar-refractivity contribution in [1.29, 1.82) is 0 Å².